The summed E-state index contributed by atoms with van der Waals surface area (Å²) in [6.45, 7) is 0. The molecule has 0 unspecified atom stereocenters. The number of fused-ring (bicyclic) bond motifs is 1. The van der Waals surface area contributed by atoms with Crippen LogP contribution in [-0.2, 0) is 0 Å². The number of imidazole rings is 1. The molecular formula is C20H17ClN6O. The van der Waals surface area contributed by atoms with E-state index in [1.807, 2.05) is 41.1 Å². The fourth-order valence-electron chi connectivity index (χ4n) is 2.82. The molecule has 2 aromatic heterocycles. The zero-order valence-electron chi connectivity index (χ0n) is 15.0. The Kier molecular flexibility index (Phi) is 4.82. The van der Waals surface area contributed by atoms with E-state index < -0.39 is 0 Å². The highest BCUT2D eigenvalue weighted by Gasteiger charge is 2.09. The number of anilines is 3. The smallest absolute Gasteiger partial charge is 0.323 e. The fourth-order valence-corrected chi connectivity index (χ4v) is 2.95. The number of urea groups is 1. The molecule has 0 spiro atoms. The third-order valence-electron chi connectivity index (χ3n) is 4.13. The Labute approximate surface area is 166 Å². The molecule has 2 amide bonds. The number of carbonyl (C=O) groups is 1. The van der Waals surface area contributed by atoms with Crippen LogP contribution in [0, 0.1) is 0 Å². The number of hydrogen-bond acceptors (Lipinski definition) is 4. The summed E-state index contributed by atoms with van der Waals surface area (Å²) in [4.78, 5) is 21.2. The predicted molar refractivity (Wildman–Crippen MR) is 112 cm³/mol. The first-order valence-corrected chi connectivity index (χ1v) is 8.95. The highest BCUT2D eigenvalue weighted by atomic mass is 35.5. The first-order valence-electron chi connectivity index (χ1n) is 8.58. The number of amides is 2. The minimum atomic E-state index is -0.339. The standard InChI is InChI=1S/C20H17ClN6O/c1-22-18-19-23-9-10-27(19)12-17(26-18)13-3-2-4-16(11-13)25-20(28)24-15-7-5-14(21)6-8-15/h2-12H,1H3,(H,22,26)(H2,24,25,28). The topological polar surface area (TPSA) is 83.3 Å². The molecule has 4 aromatic rings. The van der Waals surface area contributed by atoms with Gasteiger partial charge in [0, 0.05) is 47.6 Å². The van der Waals surface area contributed by atoms with Gasteiger partial charge in [0.05, 0.1) is 5.69 Å². The van der Waals surface area contributed by atoms with E-state index >= 15 is 0 Å². The Morgan fingerprint density at radius 1 is 1.07 bits per heavy atom. The molecule has 28 heavy (non-hydrogen) atoms. The lowest BCUT2D eigenvalue weighted by atomic mass is 10.1. The molecule has 140 valence electrons. The van der Waals surface area contributed by atoms with Gasteiger partial charge in [0.1, 0.15) is 0 Å². The monoisotopic (exact) mass is 392 g/mol. The van der Waals surface area contributed by atoms with E-state index in [-0.39, 0.29) is 6.03 Å². The molecule has 0 aliphatic heterocycles. The van der Waals surface area contributed by atoms with Crippen molar-refractivity contribution in [3.8, 4) is 11.3 Å². The third kappa shape index (κ3) is 3.74. The molecule has 8 heteroatoms. The van der Waals surface area contributed by atoms with Crippen LogP contribution in [0.1, 0.15) is 0 Å². The normalized spacial score (nSPS) is 10.6. The van der Waals surface area contributed by atoms with E-state index in [1.54, 1.807) is 37.5 Å². The van der Waals surface area contributed by atoms with Crippen LogP contribution in [0.15, 0.2) is 67.1 Å². The quantitative estimate of drug-likeness (QED) is 0.468. The maximum absolute atomic E-state index is 12.3. The van der Waals surface area contributed by atoms with Crippen molar-refractivity contribution in [1.29, 1.82) is 0 Å². The minimum absolute atomic E-state index is 0.339. The van der Waals surface area contributed by atoms with E-state index in [2.05, 4.69) is 25.9 Å². The van der Waals surface area contributed by atoms with Crippen LogP contribution in [-0.4, -0.2) is 27.4 Å². The second-order valence-electron chi connectivity index (χ2n) is 6.05. The van der Waals surface area contributed by atoms with Gasteiger partial charge in [-0.25, -0.2) is 14.8 Å². The second kappa shape index (κ2) is 7.58. The van der Waals surface area contributed by atoms with E-state index in [0.717, 1.165) is 16.9 Å². The van der Waals surface area contributed by atoms with Crippen molar-refractivity contribution in [3.05, 3.63) is 72.1 Å². The van der Waals surface area contributed by atoms with Crippen LogP contribution in [0.25, 0.3) is 16.9 Å². The number of carbonyl (C=O) groups excluding carboxylic acids is 1. The zero-order valence-corrected chi connectivity index (χ0v) is 15.7. The minimum Gasteiger partial charge on any atom is -0.370 e. The van der Waals surface area contributed by atoms with Gasteiger partial charge in [0.25, 0.3) is 0 Å². The van der Waals surface area contributed by atoms with Crippen LogP contribution < -0.4 is 16.0 Å². The third-order valence-corrected chi connectivity index (χ3v) is 4.38. The van der Waals surface area contributed by atoms with Gasteiger partial charge < -0.3 is 20.4 Å². The summed E-state index contributed by atoms with van der Waals surface area (Å²) in [5, 5.41) is 9.27. The van der Waals surface area contributed by atoms with Gasteiger partial charge >= 0.3 is 6.03 Å². The lowest BCUT2D eigenvalue weighted by Crippen LogP contribution is -2.19. The van der Waals surface area contributed by atoms with Gasteiger partial charge in [-0.2, -0.15) is 0 Å². The van der Waals surface area contributed by atoms with Gasteiger partial charge in [-0.15, -0.1) is 0 Å². The van der Waals surface area contributed by atoms with Crippen molar-refractivity contribution in [2.75, 3.05) is 23.0 Å². The summed E-state index contributed by atoms with van der Waals surface area (Å²) in [6, 6.07) is 14.1. The summed E-state index contributed by atoms with van der Waals surface area (Å²) in [5.74, 6) is 0.682. The van der Waals surface area contributed by atoms with Crippen LogP contribution in [0.2, 0.25) is 5.02 Å². The van der Waals surface area contributed by atoms with Crippen LogP contribution in [0.5, 0.6) is 0 Å². The Bertz CT molecular complexity index is 1140. The number of halogens is 1. The molecule has 4 rings (SSSR count). The SMILES string of the molecule is CNc1nc(-c2cccc(NC(=O)Nc3ccc(Cl)cc3)c2)cn2ccnc12. The molecular weight excluding hydrogens is 376 g/mol. The average molecular weight is 393 g/mol. The Morgan fingerprint density at radius 2 is 1.86 bits per heavy atom. The first-order chi connectivity index (χ1) is 13.6. The molecule has 0 saturated carbocycles. The maximum atomic E-state index is 12.3. The Balaban J connectivity index is 1.56. The number of aromatic nitrogens is 3. The lowest BCUT2D eigenvalue weighted by molar-refractivity contribution is 0.262. The molecule has 0 saturated heterocycles. The van der Waals surface area contributed by atoms with Crippen LogP contribution >= 0.6 is 11.6 Å². The van der Waals surface area contributed by atoms with E-state index in [0.29, 0.717) is 22.2 Å². The van der Waals surface area contributed by atoms with Crippen molar-refractivity contribution in [3.63, 3.8) is 0 Å². The van der Waals surface area contributed by atoms with Gasteiger partial charge in [0.15, 0.2) is 11.5 Å². The molecule has 3 N–H and O–H groups in total. The van der Waals surface area contributed by atoms with E-state index in [1.165, 1.54) is 0 Å². The molecule has 2 aromatic carbocycles. The van der Waals surface area contributed by atoms with Crippen LogP contribution in [0.3, 0.4) is 0 Å². The van der Waals surface area contributed by atoms with Gasteiger partial charge in [-0.3, -0.25) is 0 Å². The predicted octanol–water partition coefficient (Wildman–Crippen LogP) is 4.74. The van der Waals surface area contributed by atoms with Crippen LogP contribution in [0.4, 0.5) is 22.0 Å². The molecule has 0 aliphatic rings. The number of rotatable bonds is 4. The molecule has 7 nitrogen and oxygen atoms in total. The summed E-state index contributed by atoms with van der Waals surface area (Å²) >= 11 is 5.86. The van der Waals surface area contributed by atoms with Crippen molar-refractivity contribution in [2.24, 2.45) is 0 Å². The largest absolute Gasteiger partial charge is 0.370 e. The average Bonchev–Trinajstić information content (AvgIpc) is 3.18. The maximum Gasteiger partial charge on any atom is 0.323 e. The summed E-state index contributed by atoms with van der Waals surface area (Å²) in [6.07, 6.45) is 5.49. The molecule has 0 fully saturated rings. The van der Waals surface area contributed by atoms with Gasteiger partial charge in [0.2, 0.25) is 0 Å². The highest BCUT2D eigenvalue weighted by molar-refractivity contribution is 6.30. The molecule has 0 radical (unpaired) electrons. The fraction of sp³-hybridized carbons (Fsp3) is 0.0500. The van der Waals surface area contributed by atoms with E-state index in [9.17, 15) is 4.79 Å². The zero-order chi connectivity index (χ0) is 19.5. The Hall–Kier alpha value is -3.58. The van der Waals surface area contributed by atoms with Crippen molar-refractivity contribution in [1.82, 2.24) is 14.4 Å². The molecule has 2 heterocycles. The number of hydrogen-bond donors (Lipinski definition) is 3. The molecule has 0 aliphatic carbocycles. The number of nitrogens with one attached hydrogen (secondary N) is 3. The Morgan fingerprint density at radius 3 is 2.64 bits per heavy atom. The molecule has 0 atom stereocenters. The number of benzene rings is 2. The van der Waals surface area contributed by atoms with E-state index in [4.69, 9.17) is 11.6 Å². The summed E-state index contributed by atoms with van der Waals surface area (Å²) in [7, 11) is 1.81. The second-order valence-corrected chi connectivity index (χ2v) is 6.49. The summed E-state index contributed by atoms with van der Waals surface area (Å²) in [5.41, 5.74) is 3.70. The summed E-state index contributed by atoms with van der Waals surface area (Å²) < 4.78 is 1.90. The lowest BCUT2D eigenvalue weighted by Gasteiger charge is -2.10. The highest BCUT2D eigenvalue weighted by Crippen LogP contribution is 2.24. The van der Waals surface area contributed by atoms with Crippen molar-refractivity contribution < 1.29 is 4.79 Å². The number of nitrogens with zero attached hydrogens (tertiary/aromatic N) is 3. The molecule has 0 bridgehead atoms. The van der Waals surface area contributed by atoms with Crippen molar-refractivity contribution in [2.45, 2.75) is 0 Å². The van der Waals surface area contributed by atoms with Crippen molar-refractivity contribution >= 4 is 40.5 Å². The first kappa shape index (κ1) is 17.8. The van der Waals surface area contributed by atoms with Gasteiger partial charge in [-0.05, 0) is 36.4 Å². The van der Waals surface area contributed by atoms with Gasteiger partial charge in [-0.1, -0.05) is 23.7 Å².